The summed E-state index contributed by atoms with van der Waals surface area (Å²) in [5.74, 6) is 0.222. The number of amides is 2. The van der Waals surface area contributed by atoms with Crippen molar-refractivity contribution in [3.63, 3.8) is 0 Å². The van der Waals surface area contributed by atoms with Crippen molar-refractivity contribution >= 4 is 47.2 Å². The number of hydrogen-bond acceptors (Lipinski definition) is 7. The lowest BCUT2D eigenvalue weighted by molar-refractivity contribution is -0.115. The largest absolute Gasteiger partial charge is 0.355 e. The first kappa shape index (κ1) is 20.1. The Hall–Kier alpha value is -2.62. The summed E-state index contributed by atoms with van der Waals surface area (Å²) in [4.78, 5) is 45.6. The molecule has 0 radical (unpaired) electrons. The van der Waals surface area contributed by atoms with E-state index in [-0.39, 0.29) is 18.0 Å². The number of carbonyl (C=O) groups excluding carboxylic acids is 2. The van der Waals surface area contributed by atoms with Crippen LogP contribution >= 0.6 is 24.2 Å². The predicted octanol–water partition coefficient (Wildman–Crippen LogP) is 1.59. The van der Waals surface area contributed by atoms with Gasteiger partial charge in [-0.2, -0.15) is 0 Å². The summed E-state index contributed by atoms with van der Waals surface area (Å²) >= 11 is 0.856. The summed E-state index contributed by atoms with van der Waals surface area (Å²) in [5.41, 5.74) is 1.61. The average Bonchev–Trinajstić information content (AvgIpc) is 3.01. The fourth-order valence-electron chi connectivity index (χ4n) is 3.10. The molecule has 146 valence electrons. The molecule has 4 heterocycles. The van der Waals surface area contributed by atoms with E-state index in [1.54, 1.807) is 36.7 Å². The van der Waals surface area contributed by atoms with Crippen LogP contribution < -0.4 is 21.1 Å². The second-order valence-electron chi connectivity index (χ2n) is 6.15. The van der Waals surface area contributed by atoms with Gasteiger partial charge in [0.15, 0.2) is 0 Å². The van der Waals surface area contributed by atoms with Gasteiger partial charge in [-0.1, -0.05) is 6.07 Å². The summed E-state index contributed by atoms with van der Waals surface area (Å²) in [6, 6.07) is 5.31. The lowest BCUT2D eigenvalue weighted by atomic mass is 10.1. The number of nitrogens with one attached hydrogen (secondary N) is 3. The molecule has 2 aromatic rings. The fourth-order valence-corrected chi connectivity index (χ4v) is 3.77. The topological polar surface area (TPSA) is 107 Å². The summed E-state index contributed by atoms with van der Waals surface area (Å²) in [7, 11) is 0. The molecule has 3 N–H and O–H groups in total. The summed E-state index contributed by atoms with van der Waals surface area (Å²) < 4.78 is 0. The molecule has 4 rings (SSSR count). The van der Waals surface area contributed by atoms with Crippen LogP contribution in [0.5, 0.6) is 0 Å². The van der Waals surface area contributed by atoms with E-state index in [9.17, 15) is 14.4 Å². The van der Waals surface area contributed by atoms with Gasteiger partial charge < -0.3 is 15.2 Å². The van der Waals surface area contributed by atoms with E-state index in [0.29, 0.717) is 27.4 Å². The van der Waals surface area contributed by atoms with E-state index in [1.165, 1.54) is 0 Å². The number of aromatic nitrogens is 2. The van der Waals surface area contributed by atoms with Crippen LogP contribution in [0.3, 0.4) is 0 Å². The molecule has 28 heavy (non-hydrogen) atoms. The van der Waals surface area contributed by atoms with Crippen LogP contribution in [0.1, 0.15) is 5.56 Å². The number of imide groups is 1. The van der Waals surface area contributed by atoms with Crippen molar-refractivity contribution in [2.75, 3.05) is 31.1 Å². The molecule has 8 nitrogen and oxygen atoms in total. The van der Waals surface area contributed by atoms with Gasteiger partial charge in [-0.3, -0.25) is 24.7 Å². The highest BCUT2D eigenvalue weighted by Gasteiger charge is 2.26. The lowest BCUT2D eigenvalue weighted by Crippen LogP contribution is -2.44. The average molecular weight is 420 g/mol. The number of H-pyrrole nitrogens is 1. The van der Waals surface area contributed by atoms with Crippen molar-refractivity contribution < 1.29 is 9.59 Å². The molecular weight excluding hydrogens is 402 g/mol. The molecule has 0 spiro atoms. The van der Waals surface area contributed by atoms with Crippen molar-refractivity contribution in [3.05, 3.63) is 51.4 Å². The Morgan fingerprint density at radius 1 is 1.18 bits per heavy atom. The van der Waals surface area contributed by atoms with Crippen LogP contribution in [0.4, 0.5) is 10.6 Å². The van der Waals surface area contributed by atoms with Gasteiger partial charge in [0.2, 0.25) is 0 Å². The van der Waals surface area contributed by atoms with Gasteiger partial charge >= 0.3 is 0 Å². The highest BCUT2D eigenvalue weighted by atomic mass is 35.5. The van der Waals surface area contributed by atoms with E-state index in [0.717, 1.165) is 37.9 Å². The van der Waals surface area contributed by atoms with Crippen molar-refractivity contribution in [1.82, 2.24) is 20.6 Å². The Morgan fingerprint density at radius 3 is 2.61 bits per heavy atom. The number of anilines is 1. The zero-order valence-corrected chi connectivity index (χ0v) is 16.4. The molecular formula is C18H18ClN5O3S. The smallest absolute Gasteiger partial charge is 0.290 e. The number of aromatic amines is 1. The Kier molecular flexibility index (Phi) is 6.18. The van der Waals surface area contributed by atoms with Crippen LogP contribution in [0.15, 0.2) is 40.3 Å². The van der Waals surface area contributed by atoms with Gasteiger partial charge in [-0.15, -0.1) is 12.4 Å². The zero-order chi connectivity index (χ0) is 18.8. The van der Waals surface area contributed by atoms with Crippen LogP contribution in [-0.4, -0.2) is 47.3 Å². The normalized spacial score (nSPS) is 18.1. The van der Waals surface area contributed by atoms with Crippen LogP contribution in [0.2, 0.25) is 0 Å². The SMILES string of the molecule is Cl.O=C1NC(=O)/C(=C\c2cc(-c3cccnc3)c(=O)[nH]c2N2CCNCC2)S1. The molecule has 0 unspecified atom stereocenters. The monoisotopic (exact) mass is 419 g/mol. The second kappa shape index (κ2) is 8.59. The molecule has 0 saturated carbocycles. The summed E-state index contributed by atoms with van der Waals surface area (Å²) in [6.07, 6.45) is 4.91. The Labute approximate surface area is 171 Å². The number of nitrogens with zero attached hydrogens (tertiary/aromatic N) is 2. The van der Waals surface area contributed by atoms with Crippen LogP contribution in [0, 0.1) is 0 Å². The third-order valence-electron chi connectivity index (χ3n) is 4.38. The predicted molar refractivity (Wildman–Crippen MR) is 112 cm³/mol. The van der Waals surface area contributed by atoms with Crippen molar-refractivity contribution in [3.8, 4) is 11.1 Å². The van der Waals surface area contributed by atoms with Gasteiger partial charge in [-0.05, 0) is 30.0 Å². The minimum Gasteiger partial charge on any atom is -0.355 e. The van der Waals surface area contributed by atoms with Gasteiger partial charge in [0.1, 0.15) is 5.82 Å². The number of piperazine rings is 1. The number of halogens is 1. The zero-order valence-electron chi connectivity index (χ0n) is 14.7. The minimum atomic E-state index is -0.426. The highest BCUT2D eigenvalue weighted by molar-refractivity contribution is 8.18. The second-order valence-corrected chi connectivity index (χ2v) is 7.16. The van der Waals surface area contributed by atoms with Crippen LogP contribution in [-0.2, 0) is 4.79 Å². The third-order valence-corrected chi connectivity index (χ3v) is 5.19. The molecule has 2 amide bonds. The molecule has 0 atom stereocenters. The van der Waals surface area contributed by atoms with Crippen molar-refractivity contribution in [2.45, 2.75) is 0 Å². The maximum atomic E-state index is 12.7. The molecule has 0 aliphatic carbocycles. The molecule has 2 aliphatic rings. The number of pyridine rings is 2. The van der Waals surface area contributed by atoms with Gasteiger partial charge in [0.25, 0.3) is 16.7 Å². The standard InChI is InChI=1S/C18H17N5O3S.ClH/c24-16-13(11-2-1-3-20-10-11)8-12(9-14-17(25)22-18(26)27-14)15(21-16)23-6-4-19-5-7-23;/h1-3,8-10,19H,4-7H2,(H,21,24)(H,22,25,26);1H/b14-9+;. The highest BCUT2D eigenvalue weighted by Crippen LogP contribution is 2.30. The van der Waals surface area contributed by atoms with Crippen molar-refractivity contribution in [1.29, 1.82) is 0 Å². The van der Waals surface area contributed by atoms with Crippen molar-refractivity contribution in [2.24, 2.45) is 0 Å². The van der Waals surface area contributed by atoms with Gasteiger partial charge in [0.05, 0.1) is 4.91 Å². The molecule has 2 fully saturated rings. The number of carbonyl (C=O) groups is 2. The first-order valence-corrected chi connectivity index (χ1v) is 9.32. The van der Waals surface area contributed by atoms with Gasteiger partial charge in [0, 0.05) is 55.3 Å². The minimum absolute atomic E-state index is 0. The van der Waals surface area contributed by atoms with E-state index in [1.807, 2.05) is 0 Å². The van der Waals surface area contributed by atoms with E-state index < -0.39 is 11.1 Å². The third kappa shape index (κ3) is 4.11. The molecule has 0 aromatic carbocycles. The molecule has 2 saturated heterocycles. The first-order valence-electron chi connectivity index (χ1n) is 8.50. The van der Waals surface area contributed by atoms with Gasteiger partial charge in [-0.25, -0.2) is 0 Å². The molecule has 0 bridgehead atoms. The van der Waals surface area contributed by atoms with E-state index >= 15 is 0 Å². The number of rotatable bonds is 3. The number of hydrogen-bond donors (Lipinski definition) is 3. The summed E-state index contributed by atoms with van der Waals surface area (Å²) in [6.45, 7) is 3.07. The maximum Gasteiger partial charge on any atom is 0.290 e. The Bertz CT molecular complexity index is 986. The fraction of sp³-hybridized carbons (Fsp3) is 0.222. The summed E-state index contributed by atoms with van der Waals surface area (Å²) in [5, 5.41) is 5.13. The molecule has 10 heteroatoms. The Morgan fingerprint density at radius 2 is 1.96 bits per heavy atom. The lowest BCUT2D eigenvalue weighted by Gasteiger charge is -2.30. The molecule has 2 aromatic heterocycles. The Balaban J connectivity index is 0.00000225. The van der Waals surface area contributed by atoms with E-state index in [4.69, 9.17) is 0 Å². The van der Waals surface area contributed by atoms with E-state index in [2.05, 4.69) is 25.5 Å². The number of thioether (sulfide) groups is 1. The first-order chi connectivity index (χ1) is 13.1. The molecule has 2 aliphatic heterocycles. The maximum absolute atomic E-state index is 12.7. The van der Waals surface area contributed by atoms with Crippen LogP contribution in [0.25, 0.3) is 17.2 Å². The quantitative estimate of drug-likeness (QED) is 0.648.